The molecule has 2 atom stereocenters. The van der Waals surface area contributed by atoms with Crippen molar-refractivity contribution in [2.75, 3.05) is 13.1 Å². The first-order valence-corrected chi connectivity index (χ1v) is 7.52. The predicted octanol–water partition coefficient (Wildman–Crippen LogP) is 1.08. The maximum atomic E-state index is 12.2. The molecule has 0 spiro atoms. The van der Waals surface area contributed by atoms with Crippen LogP contribution < -0.4 is 5.32 Å². The lowest BCUT2D eigenvalue weighted by Crippen LogP contribution is -2.42. The highest BCUT2D eigenvalue weighted by Crippen LogP contribution is 2.25. The molecule has 110 valence electrons. The number of carbonyl (C=O) groups is 2. The van der Waals surface area contributed by atoms with E-state index in [9.17, 15) is 9.59 Å². The van der Waals surface area contributed by atoms with Gasteiger partial charge in [-0.05, 0) is 24.4 Å². The van der Waals surface area contributed by atoms with Crippen molar-refractivity contribution in [1.82, 2.24) is 19.8 Å². The molecule has 1 fully saturated rings. The van der Waals surface area contributed by atoms with Crippen LogP contribution >= 0.6 is 11.5 Å². The Morgan fingerprint density at radius 2 is 2.10 bits per heavy atom. The summed E-state index contributed by atoms with van der Waals surface area (Å²) in [6, 6.07) is -0.00657. The molecule has 0 radical (unpaired) electrons. The van der Waals surface area contributed by atoms with E-state index in [1.807, 2.05) is 0 Å². The Kier molecular flexibility index (Phi) is 4.37. The zero-order chi connectivity index (χ0) is 14.9. The molecule has 0 aromatic carbocycles. The minimum Gasteiger partial charge on any atom is -0.346 e. The van der Waals surface area contributed by atoms with Gasteiger partial charge in [0.15, 0.2) is 0 Å². The largest absolute Gasteiger partial charge is 0.346 e. The third-order valence-electron chi connectivity index (χ3n) is 3.84. The van der Waals surface area contributed by atoms with Gasteiger partial charge in [0, 0.05) is 25.9 Å². The lowest BCUT2D eigenvalue weighted by molar-refractivity contribution is -0.128. The number of nitrogens with one attached hydrogen (secondary N) is 1. The molecule has 1 aliphatic heterocycles. The molecule has 1 aromatic rings. The minimum atomic E-state index is -0.140. The fourth-order valence-corrected chi connectivity index (χ4v) is 3.15. The van der Waals surface area contributed by atoms with Gasteiger partial charge in [-0.15, -0.1) is 5.10 Å². The van der Waals surface area contributed by atoms with E-state index in [2.05, 4.69) is 28.8 Å². The van der Waals surface area contributed by atoms with Crippen LogP contribution in [0, 0.1) is 18.8 Å². The summed E-state index contributed by atoms with van der Waals surface area (Å²) >= 11 is 1.10. The van der Waals surface area contributed by atoms with E-state index in [0.29, 0.717) is 29.6 Å². The SMILES string of the molecule is CC(=O)N1CC(NC(=O)c2snnc2C)C(C(C)C)C1. The molecule has 1 N–H and O–H groups in total. The number of rotatable bonds is 3. The van der Waals surface area contributed by atoms with Crippen molar-refractivity contribution in [3.8, 4) is 0 Å². The van der Waals surface area contributed by atoms with Crippen molar-refractivity contribution < 1.29 is 9.59 Å². The van der Waals surface area contributed by atoms with Crippen LogP contribution in [-0.4, -0.2) is 45.4 Å². The Labute approximate surface area is 122 Å². The van der Waals surface area contributed by atoms with Crippen molar-refractivity contribution >= 4 is 23.3 Å². The average molecular weight is 296 g/mol. The first-order chi connectivity index (χ1) is 9.40. The van der Waals surface area contributed by atoms with Crippen LogP contribution in [0.15, 0.2) is 0 Å². The van der Waals surface area contributed by atoms with Gasteiger partial charge in [-0.1, -0.05) is 18.3 Å². The molecular formula is C13H20N4O2S. The number of hydrogen-bond donors (Lipinski definition) is 1. The third kappa shape index (κ3) is 2.98. The Balaban J connectivity index is 2.09. The van der Waals surface area contributed by atoms with Gasteiger partial charge in [0.05, 0.1) is 11.7 Å². The summed E-state index contributed by atoms with van der Waals surface area (Å²) in [7, 11) is 0. The molecule has 7 heteroatoms. The van der Waals surface area contributed by atoms with Gasteiger partial charge in [-0.3, -0.25) is 9.59 Å². The third-order valence-corrected chi connectivity index (χ3v) is 4.67. The van der Waals surface area contributed by atoms with Crippen LogP contribution in [-0.2, 0) is 4.79 Å². The molecule has 0 saturated carbocycles. The average Bonchev–Trinajstić information content (AvgIpc) is 2.95. The van der Waals surface area contributed by atoms with Crippen molar-refractivity contribution in [1.29, 1.82) is 0 Å². The second kappa shape index (κ2) is 5.87. The van der Waals surface area contributed by atoms with Crippen LogP contribution in [0.2, 0.25) is 0 Å². The van der Waals surface area contributed by atoms with Gasteiger partial charge in [0.2, 0.25) is 5.91 Å². The first-order valence-electron chi connectivity index (χ1n) is 6.75. The van der Waals surface area contributed by atoms with Crippen molar-refractivity contribution in [2.45, 2.75) is 33.7 Å². The van der Waals surface area contributed by atoms with Crippen LogP contribution in [0.3, 0.4) is 0 Å². The molecule has 0 bridgehead atoms. The highest BCUT2D eigenvalue weighted by molar-refractivity contribution is 7.08. The first kappa shape index (κ1) is 14.9. The number of carbonyl (C=O) groups excluding carboxylic acids is 2. The van der Waals surface area contributed by atoms with Gasteiger partial charge in [-0.25, -0.2) is 0 Å². The smallest absolute Gasteiger partial charge is 0.265 e. The summed E-state index contributed by atoms with van der Waals surface area (Å²) in [5, 5.41) is 6.89. The number of aromatic nitrogens is 2. The summed E-state index contributed by atoms with van der Waals surface area (Å²) in [6.45, 7) is 8.86. The molecule has 2 unspecified atom stereocenters. The molecular weight excluding hydrogens is 276 g/mol. The highest BCUT2D eigenvalue weighted by atomic mass is 32.1. The maximum Gasteiger partial charge on any atom is 0.265 e. The van der Waals surface area contributed by atoms with Crippen LogP contribution in [0.1, 0.15) is 36.1 Å². The van der Waals surface area contributed by atoms with Gasteiger partial charge < -0.3 is 10.2 Å². The Morgan fingerprint density at radius 1 is 1.40 bits per heavy atom. The molecule has 6 nitrogen and oxygen atoms in total. The number of aryl methyl sites for hydroxylation is 1. The van der Waals surface area contributed by atoms with E-state index in [1.54, 1.807) is 18.7 Å². The normalized spacial score (nSPS) is 22.4. The molecule has 2 amide bonds. The number of hydrogen-bond acceptors (Lipinski definition) is 5. The Bertz CT molecular complexity index is 514. The second-order valence-corrected chi connectivity index (χ2v) is 6.35. The summed E-state index contributed by atoms with van der Waals surface area (Å²) in [5.41, 5.74) is 0.648. The number of amides is 2. The standard InChI is InChI=1S/C13H20N4O2S/c1-7(2)10-5-17(9(4)18)6-11(10)14-13(19)12-8(3)15-16-20-12/h7,10-11H,5-6H2,1-4H3,(H,14,19). The zero-order valence-electron chi connectivity index (χ0n) is 12.2. The second-order valence-electron chi connectivity index (χ2n) is 5.60. The van der Waals surface area contributed by atoms with Crippen molar-refractivity contribution in [2.24, 2.45) is 11.8 Å². The number of nitrogens with zero attached hydrogens (tertiary/aromatic N) is 3. The van der Waals surface area contributed by atoms with Crippen LogP contribution in [0.5, 0.6) is 0 Å². The molecule has 1 saturated heterocycles. The van der Waals surface area contributed by atoms with E-state index in [0.717, 1.165) is 11.5 Å². The summed E-state index contributed by atoms with van der Waals surface area (Å²) in [6.07, 6.45) is 0. The fraction of sp³-hybridized carbons (Fsp3) is 0.692. The maximum absolute atomic E-state index is 12.2. The molecule has 2 heterocycles. The van der Waals surface area contributed by atoms with Crippen LogP contribution in [0.4, 0.5) is 0 Å². The van der Waals surface area contributed by atoms with Crippen molar-refractivity contribution in [3.05, 3.63) is 10.6 Å². The van der Waals surface area contributed by atoms with Gasteiger partial charge in [0.1, 0.15) is 4.88 Å². The Morgan fingerprint density at radius 3 is 2.60 bits per heavy atom. The van der Waals surface area contributed by atoms with Crippen LogP contribution in [0.25, 0.3) is 0 Å². The lowest BCUT2D eigenvalue weighted by Gasteiger charge is -2.22. The zero-order valence-corrected chi connectivity index (χ0v) is 13.0. The molecule has 1 aromatic heterocycles. The van der Waals surface area contributed by atoms with E-state index >= 15 is 0 Å². The summed E-state index contributed by atoms with van der Waals surface area (Å²) < 4.78 is 3.78. The molecule has 0 aliphatic carbocycles. The van der Waals surface area contributed by atoms with E-state index < -0.39 is 0 Å². The van der Waals surface area contributed by atoms with Crippen molar-refractivity contribution in [3.63, 3.8) is 0 Å². The fourth-order valence-electron chi connectivity index (χ4n) is 2.59. The molecule has 1 aliphatic rings. The van der Waals surface area contributed by atoms with E-state index in [-0.39, 0.29) is 23.8 Å². The van der Waals surface area contributed by atoms with Gasteiger partial charge in [-0.2, -0.15) is 0 Å². The lowest BCUT2D eigenvalue weighted by atomic mass is 9.91. The summed E-state index contributed by atoms with van der Waals surface area (Å²) in [5.74, 6) is 0.607. The van der Waals surface area contributed by atoms with Gasteiger partial charge in [0.25, 0.3) is 5.91 Å². The van der Waals surface area contributed by atoms with E-state index in [1.165, 1.54) is 0 Å². The quantitative estimate of drug-likeness (QED) is 0.905. The van der Waals surface area contributed by atoms with E-state index in [4.69, 9.17) is 0 Å². The van der Waals surface area contributed by atoms with Gasteiger partial charge >= 0.3 is 0 Å². The highest BCUT2D eigenvalue weighted by Gasteiger charge is 2.37. The topological polar surface area (TPSA) is 75.2 Å². The minimum absolute atomic E-state index is 0.00657. The Hall–Kier alpha value is -1.50. The predicted molar refractivity (Wildman–Crippen MR) is 76.5 cm³/mol. The monoisotopic (exact) mass is 296 g/mol. The summed E-state index contributed by atoms with van der Waals surface area (Å²) in [4.78, 5) is 26.1. The molecule has 20 heavy (non-hydrogen) atoms. The molecule has 2 rings (SSSR count). The number of likely N-dealkylation sites (tertiary alicyclic amines) is 1.